The highest BCUT2D eigenvalue weighted by atomic mass is 19.1. The Labute approximate surface area is 55.4 Å². The molecule has 1 fully saturated rings. The normalized spacial score (nSPS) is 35.3. The van der Waals surface area contributed by atoms with E-state index >= 15 is 0 Å². The average Bonchev–Trinajstić information content (AvgIpc) is 2.33. The highest BCUT2D eigenvalue weighted by molar-refractivity contribution is 4.77. The van der Waals surface area contributed by atoms with Crippen LogP contribution in [0.3, 0.4) is 0 Å². The van der Waals surface area contributed by atoms with Crippen molar-refractivity contribution in [2.45, 2.75) is 19.3 Å². The molecule has 0 aromatic carbocycles. The lowest BCUT2D eigenvalue weighted by Crippen LogP contribution is -2.19. The van der Waals surface area contributed by atoms with Gasteiger partial charge in [-0.05, 0) is 31.2 Å². The highest BCUT2D eigenvalue weighted by Gasteiger charge is 2.25. The van der Waals surface area contributed by atoms with E-state index in [-0.39, 0.29) is 12.6 Å². The van der Waals surface area contributed by atoms with Gasteiger partial charge in [0.1, 0.15) is 0 Å². The van der Waals surface area contributed by atoms with Crippen LogP contribution in [0, 0.1) is 11.8 Å². The molecule has 0 saturated heterocycles. The van der Waals surface area contributed by atoms with E-state index in [0.29, 0.717) is 12.5 Å². The van der Waals surface area contributed by atoms with Gasteiger partial charge in [0.15, 0.2) is 0 Å². The van der Waals surface area contributed by atoms with E-state index in [1.165, 1.54) is 6.42 Å². The summed E-state index contributed by atoms with van der Waals surface area (Å²) in [6, 6.07) is 0. The zero-order valence-electron chi connectivity index (χ0n) is 5.65. The molecule has 0 radical (unpaired) electrons. The van der Waals surface area contributed by atoms with Crippen LogP contribution in [0.25, 0.3) is 0 Å². The van der Waals surface area contributed by atoms with Crippen molar-refractivity contribution < 1.29 is 4.39 Å². The first-order chi connectivity index (χ1) is 4.38. The number of nitrogens with two attached hydrogens (primary N) is 1. The second-order valence-electron chi connectivity index (χ2n) is 2.84. The highest BCUT2D eigenvalue weighted by Crippen LogP contribution is 2.30. The van der Waals surface area contributed by atoms with Crippen molar-refractivity contribution in [1.82, 2.24) is 0 Å². The monoisotopic (exact) mass is 131 g/mol. The Bertz CT molecular complexity index is 75.0. The zero-order chi connectivity index (χ0) is 6.69. The molecule has 2 atom stereocenters. The van der Waals surface area contributed by atoms with Crippen LogP contribution in [0.1, 0.15) is 19.3 Å². The molecule has 2 N–H and O–H groups in total. The van der Waals surface area contributed by atoms with Gasteiger partial charge >= 0.3 is 0 Å². The van der Waals surface area contributed by atoms with Gasteiger partial charge in [-0.1, -0.05) is 6.42 Å². The summed E-state index contributed by atoms with van der Waals surface area (Å²) in [6.45, 7) is 0.510. The van der Waals surface area contributed by atoms with Crippen molar-refractivity contribution in [3.63, 3.8) is 0 Å². The smallest absolute Gasteiger partial charge is 0.0925 e. The Morgan fingerprint density at radius 1 is 1.33 bits per heavy atom. The molecule has 1 nitrogen and oxygen atoms in total. The summed E-state index contributed by atoms with van der Waals surface area (Å²) in [5.41, 5.74) is 5.43. The Hall–Kier alpha value is -0.110. The zero-order valence-corrected chi connectivity index (χ0v) is 5.65. The minimum absolute atomic E-state index is 0.165. The summed E-state index contributed by atoms with van der Waals surface area (Å²) in [4.78, 5) is 0. The third-order valence-electron chi connectivity index (χ3n) is 2.32. The quantitative estimate of drug-likeness (QED) is 0.601. The lowest BCUT2D eigenvalue weighted by Gasteiger charge is -2.12. The van der Waals surface area contributed by atoms with Crippen molar-refractivity contribution in [2.24, 2.45) is 17.6 Å². The van der Waals surface area contributed by atoms with E-state index < -0.39 is 0 Å². The minimum Gasteiger partial charge on any atom is -0.330 e. The van der Waals surface area contributed by atoms with Gasteiger partial charge in [-0.2, -0.15) is 0 Å². The number of hydrogen-bond donors (Lipinski definition) is 1. The third kappa shape index (κ3) is 1.42. The Morgan fingerprint density at radius 3 is 2.44 bits per heavy atom. The fourth-order valence-electron chi connectivity index (χ4n) is 1.63. The van der Waals surface area contributed by atoms with Crippen LogP contribution >= 0.6 is 0 Å². The molecular weight excluding hydrogens is 117 g/mol. The van der Waals surface area contributed by atoms with Crippen molar-refractivity contribution in [3.8, 4) is 0 Å². The number of alkyl halides is 1. The molecule has 54 valence electrons. The predicted molar refractivity (Wildman–Crippen MR) is 35.9 cm³/mol. The first kappa shape index (κ1) is 7.00. The Morgan fingerprint density at radius 2 is 2.00 bits per heavy atom. The van der Waals surface area contributed by atoms with Gasteiger partial charge in [-0.3, -0.25) is 4.39 Å². The molecule has 0 aliphatic heterocycles. The van der Waals surface area contributed by atoms with Gasteiger partial charge in [0, 0.05) is 0 Å². The summed E-state index contributed by atoms with van der Waals surface area (Å²) in [5.74, 6) is 0.769. The number of rotatable bonds is 2. The molecule has 9 heavy (non-hydrogen) atoms. The molecule has 0 spiro atoms. The van der Waals surface area contributed by atoms with E-state index in [9.17, 15) is 4.39 Å². The molecule has 0 amide bonds. The number of hydrogen-bond acceptors (Lipinski definition) is 1. The van der Waals surface area contributed by atoms with Crippen LogP contribution in [-0.2, 0) is 0 Å². The molecule has 0 unspecified atom stereocenters. The summed E-state index contributed by atoms with van der Waals surface area (Å²) in [6.07, 6.45) is 3.37. The second kappa shape index (κ2) is 3.16. The van der Waals surface area contributed by atoms with Crippen LogP contribution in [0.2, 0.25) is 0 Å². The topological polar surface area (TPSA) is 26.0 Å². The maximum atomic E-state index is 12.1. The third-order valence-corrected chi connectivity index (χ3v) is 2.32. The lowest BCUT2D eigenvalue weighted by atomic mass is 9.98. The largest absolute Gasteiger partial charge is 0.330 e. The van der Waals surface area contributed by atoms with Crippen LogP contribution in [0.5, 0.6) is 0 Å². The van der Waals surface area contributed by atoms with Gasteiger partial charge in [0.05, 0.1) is 6.67 Å². The molecule has 2 heteroatoms. The fraction of sp³-hybridized carbons (Fsp3) is 1.00. The molecule has 0 heterocycles. The van der Waals surface area contributed by atoms with E-state index in [4.69, 9.17) is 5.73 Å². The second-order valence-corrected chi connectivity index (χ2v) is 2.84. The van der Waals surface area contributed by atoms with Crippen molar-refractivity contribution in [1.29, 1.82) is 0 Å². The Balaban J connectivity index is 2.32. The van der Waals surface area contributed by atoms with Crippen LogP contribution in [0.4, 0.5) is 4.39 Å². The maximum absolute atomic E-state index is 12.1. The predicted octanol–water partition coefficient (Wildman–Crippen LogP) is 1.33. The molecule has 1 rings (SSSR count). The van der Waals surface area contributed by atoms with E-state index in [1.807, 2.05) is 0 Å². The Kier molecular flexibility index (Phi) is 2.46. The van der Waals surface area contributed by atoms with Crippen LogP contribution in [-0.4, -0.2) is 13.2 Å². The van der Waals surface area contributed by atoms with Gasteiger partial charge in [-0.15, -0.1) is 0 Å². The number of halogens is 1. The van der Waals surface area contributed by atoms with Crippen LogP contribution < -0.4 is 5.73 Å². The molecule has 0 aromatic heterocycles. The molecule has 1 saturated carbocycles. The molecule has 0 bridgehead atoms. The van der Waals surface area contributed by atoms with Crippen molar-refractivity contribution in [2.75, 3.05) is 13.2 Å². The SMILES string of the molecule is NC[C@H]1CCC[C@@H]1CF. The molecule has 1 aliphatic rings. The summed E-state index contributed by atoms with van der Waals surface area (Å²) in [5, 5.41) is 0. The van der Waals surface area contributed by atoms with Gasteiger partial charge in [-0.25, -0.2) is 0 Å². The van der Waals surface area contributed by atoms with E-state index in [2.05, 4.69) is 0 Å². The first-order valence-corrected chi connectivity index (χ1v) is 3.64. The maximum Gasteiger partial charge on any atom is 0.0925 e. The fourth-order valence-corrected chi connectivity index (χ4v) is 1.63. The van der Waals surface area contributed by atoms with Gasteiger partial charge < -0.3 is 5.73 Å². The van der Waals surface area contributed by atoms with Crippen molar-refractivity contribution >= 4 is 0 Å². The molecule has 1 aliphatic carbocycles. The van der Waals surface area contributed by atoms with Crippen LogP contribution in [0.15, 0.2) is 0 Å². The van der Waals surface area contributed by atoms with Gasteiger partial charge in [0.2, 0.25) is 0 Å². The standard InChI is InChI=1S/C7H14FN/c8-4-6-2-1-3-7(6)5-9/h6-7H,1-5,9H2/t6-,7-/m1/s1. The summed E-state index contributed by atoms with van der Waals surface area (Å²) in [7, 11) is 0. The summed E-state index contributed by atoms with van der Waals surface area (Å²) < 4.78 is 12.1. The molecular formula is C7H14FN. The minimum atomic E-state index is -0.165. The van der Waals surface area contributed by atoms with E-state index in [0.717, 1.165) is 12.8 Å². The van der Waals surface area contributed by atoms with Crippen molar-refractivity contribution in [3.05, 3.63) is 0 Å². The first-order valence-electron chi connectivity index (χ1n) is 3.64. The van der Waals surface area contributed by atoms with E-state index in [1.54, 1.807) is 0 Å². The summed E-state index contributed by atoms with van der Waals surface area (Å²) >= 11 is 0. The average molecular weight is 131 g/mol. The lowest BCUT2D eigenvalue weighted by molar-refractivity contribution is 0.299. The van der Waals surface area contributed by atoms with Gasteiger partial charge in [0.25, 0.3) is 0 Å². The molecule has 0 aromatic rings.